The Morgan fingerprint density at radius 3 is 2.71 bits per heavy atom. The molecule has 2 N–H and O–H groups in total. The molecule has 0 aliphatic carbocycles. The Morgan fingerprint density at radius 1 is 1.33 bits per heavy atom. The van der Waals surface area contributed by atoms with Gasteiger partial charge in [0.15, 0.2) is 0 Å². The molecule has 0 aliphatic heterocycles. The molecule has 0 aliphatic rings. The lowest BCUT2D eigenvalue weighted by molar-refractivity contribution is 0.610. The molecule has 2 rings (SSSR count). The van der Waals surface area contributed by atoms with Crippen molar-refractivity contribution in [3.8, 4) is 0 Å². The molecule has 0 amide bonds. The normalized spacial score (nSPS) is 10.6. The molecular formula is C16H22N4S. The van der Waals surface area contributed by atoms with Crippen LogP contribution in [0.5, 0.6) is 0 Å². The van der Waals surface area contributed by atoms with Crippen LogP contribution in [0.3, 0.4) is 0 Å². The standard InChI is InChI=1S/C16H22N4S/c1-4-13-10-15(20(5-2)18-13)11-19(3)14-8-6-7-12(9-14)16(17)21/h6-10H,4-5,11H2,1-3H3,(H2,17,21). The molecule has 0 saturated carbocycles. The van der Waals surface area contributed by atoms with Gasteiger partial charge in [-0.1, -0.05) is 31.3 Å². The Kier molecular flexibility index (Phi) is 4.96. The Hall–Kier alpha value is -1.88. The summed E-state index contributed by atoms with van der Waals surface area (Å²) in [6.45, 7) is 5.93. The topological polar surface area (TPSA) is 47.1 Å². The van der Waals surface area contributed by atoms with Crippen molar-refractivity contribution in [2.75, 3.05) is 11.9 Å². The summed E-state index contributed by atoms with van der Waals surface area (Å²) in [7, 11) is 2.07. The Balaban J connectivity index is 2.21. The lowest BCUT2D eigenvalue weighted by Gasteiger charge is -2.20. The van der Waals surface area contributed by atoms with E-state index in [1.165, 1.54) is 5.69 Å². The molecule has 4 nitrogen and oxygen atoms in total. The zero-order valence-electron chi connectivity index (χ0n) is 12.8. The lowest BCUT2D eigenvalue weighted by atomic mass is 10.2. The minimum atomic E-state index is 0.428. The van der Waals surface area contributed by atoms with Crippen LogP contribution >= 0.6 is 12.2 Å². The maximum atomic E-state index is 5.70. The van der Waals surface area contributed by atoms with Gasteiger partial charge in [-0.3, -0.25) is 4.68 Å². The summed E-state index contributed by atoms with van der Waals surface area (Å²) in [6.07, 6.45) is 0.959. The molecule has 0 spiro atoms. The number of thiocarbonyl (C=S) groups is 1. The second-order valence-corrected chi connectivity index (χ2v) is 5.51. The highest BCUT2D eigenvalue weighted by atomic mass is 32.1. The number of aryl methyl sites for hydroxylation is 2. The van der Waals surface area contributed by atoms with Crippen LogP contribution in [0, 0.1) is 0 Å². The molecule has 0 unspecified atom stereocenters. The minimum Gasteiger partial charge on any atom is -0.389 e. The highest BCUT2D eigenvalue weighted by Gasteiger charge is 2.10. The molecule has 5 heteroatoms. The van der Waals surface area contributed by atoms with Crippen LogP contribution in [0.25, 0.3) is 0 Å². The van der Waals surface area contributed by atoms with Gasteiger partial charge in [-0.2, -0.15) is 5.10 Å². The largest absolute Gasteiger partial charge is 0.389 e. The van der Waals surface area contributed by atoms with Crippen LogP contribution < -0.4 is 10.6 Å². The van der Waals surface area contributed by atoms with E-state index in [1.54, 1.807) is 0 Å². The maximum Gasteiger partial charge on any atom is 0.104 e. The number of rotatable bonds is 6. The van der Waals surface area contributed by atoms with Gasteiger partial charge in [-0.25, -0.2) is 0 Å². The molecule has 0 saturated heterocycles. The average Bonchev–Trinajstić information content (AvgIpc) is 2.89. The fourth-order valence-corrected chi connectivity index (χ4v) is 2.45. The van der Waals surface area contributed by atoms with Gasteiger partial charge in [0.25, 0.3) is 0 Å². The van der Waals surface area contributed by atoms with Crippen molar-refractivity contribution in [1.29, 1.82) is 0 Å². The van der Waals surface area contributed by atoms with Crippen LogP contribution in [-0.2, 0) is 19.5 Å². The van der Waals surface area contributed by atoms with Crippen LogP contribution in [0.2, 0.25) is 0 Å². The first-order valence-corrected chi connectivity index (χ1v) is 7.62. The van der Waals surface area contributed by atoms with Gasteiger partial charge < -0.3 is 10.6 Å². The second-order valence-electron chi connectivity index (χ2n) is 5.07. The van der Waals surface area contributed by atoms with Gasteiger partial charge in [-0.05, 0) is 31.5 Å². The molecule has 0 bridgehead atoms. The smallest absolute Gasteiger partial charge is 0.104 e. The summed E-state index contributed by atoms with van der Waals surface area (Å²) in [5.41, 5.74) is 10.1. The van der Waals surface area contributed by atoms with E-state index < -0.39 is 0 Å². The van der Waals surface area contributed by atoms with E-state index in [-0.39, 0.29) is 0 Å². The number of hydrogen-bond donors (Lipinski definition) is 1. The van der Waals surface area contributed by atoms with Crippen LogP contribution in [0.15, 0.2) is 30.3 Å². The third-order valence-electron chi connectivity index (χ3n) is 3.55. The van der Waals surface area contributed by atoms with Crippen molar-refractivity contribution in [1.82, 2.24) is 9.78 Å². The molecule has 1 aromatic carbocycles. The lowest BCUT2D eigenvalue weighted by Crippen LogP contribution is -2.20. The summed E-state index contributed by atoms with van der Waals surface area (Å²) >= 11 is 5.04. The molecule has 1 aromatic heterocycles. The van der Waals surface area contributed by atoms with Gasteiger partial charge in [-0.15, -0.1) is 0 Å². The van der Waals surface area contributed by atoms with Gasteiger partial charge in [0.05, 0.1) is 17.9 Å². The average molecular weight is 302 g/mol. The summed E-state index contributed by atoms with van der Waals surface area (Å²) in [5.74, 6) is 0. The van der Waals surface area contributed by atoms with E-state index in [0.717, 1.165) is 36.5 Å². The van der Waals surface area contributed by atoms with Gasteiger partial charge in [0.2, 0.25) is 0 Å². The van der Waals surface area contributed by atoms with Gasteiger partial charge in [0.1, 0.15) is 4.99 Å². The van der Waals surface area contributed by atoms with E-state index in [1.807, 2.05) is 18.2 Å². The zero-order valence-corrected chi connectivity index (χ0v) is 13.7. The fraction of sp³-hybridized carbons (Fsp3) is 0.375. The first-order valence-electron chi connectivity index (χ1n) is 7.21. The van der Waals surface area contributed by atoms with Crippen molar-refractivity contribution in [3.05, 3.63) is 47.3 Å². The van der Waals surface area contributed by atoms with Crippen molar-refractivity contribution >= 4 is 22.9 Å². The molecule has 112 valence electrons. The van der Waals surface area contributed by atoms with E-state index in [9.17, 15) is 0 Å². The third kappa shape index (κ3) is 3.61. The van der Waals surface area contributed by atoms with E-state index >= 15 is 0 Å². The van der Waals surface area contributed by atoms with Crippen LogP contribution in [-0.4, -0.2) is 21.8 Å². The summed E-state index contributed by atoms with van der Waals surface area (Å²) in [6, 6.07) is 10.2. The Bertz CT molecular complexity index is 633. The number of anilines is 1. The summed E-state index contributed by atoms with van der Waals surface area (Å²) in [4.78, 5) is 2.61. The first-order chi connectivity index (χ1) is 10.0. The molecule has 0 atom stereocenters. The number of nitrogens with zero attached hydrogens (tertiary/aromatic N) is 3. The van der Waals surface area contributed by atoms with Crippen LogP contribution in [0.1, 0.15) is 30.8 Å². The van der Waals surface area contributed by atoms with Gasteiger partial charge in [0, 0.05) is 24.8 Å². The van der Waals surface area contributed by atoms with E-state index in [4.69, 9.17) is 18.0 Å². The van der Waals surface area contributed by atoms with E-state index in [0.29, 0.717) is 4.99 Å². The SMILES string of the molecule is CCc1cc(CN(C)c2cccc(C(N)=S)c2)n(CC)n1. The fourth-order valence-electron chi connectivity index (χ4n) is 2.32. The van der Waals surface area contributed by atoms with E-state index in [2.05, 4.69) is 47.7 Å². The van der Waals surface area contributed by atoms with Crippen LogP contribution in [0.4, 0.5) is 5.69 Å². The molecule has 2 aromatic rings. The van der Waals surface area contributed by atoms with Crippen molar-refractivity contribution in [3.63, 3.8) is 0 Å². The first kappa shape index (κ1) is 15.5. The zero-order chi connectivity index (χ0) is 15.4. The molecule has 0 radical (unpaired) electrons. The number of aromatic nitrogens is 2. The highest BCUT2D eigenvalue weighted by Crippen LogP contribution is 2.18. The third-order valence-corrected chi connectivity index (χ3v) is 3.78. The van der Waals surface area contributed by atoms with Crippen molar-refractivity contribution in [2.24, 2.45) is 5.73 Å². The number of hydrogen-bond acceptors (Lipinski definition) is 3. The minimum absolute atomic E-state index is 0.428. The summed E-state index contributed by atoms with van der Waals surface area (Å²) < 4.78 is 2.06. The van der Waals surface area contributed by atoms with Crippen molar-refractivity contribution in [2.45, 2.75) is 33.4 Å². The number of benzene rings is 1. The highest BCUT2D eigenvalue weighted by molar-refractivity contribution is 7.80. The molecular weight excluding hydrogens is 280 g/mol. The second kappa shape index (κ2) is 6.72. The Morgan fingerprint density at radius 2 is 2.10 bits per heavy atom. The monoisotopic (exact) mass is 302 g/mol. The predicted octanol–water partition coefficient (Wildman–Crippen LogP) is 2.74. The summed E-state index contributed by atoms with van der Waals surface area (Å²) in [5, 5.41) is 4.59. The van der Waals surface area contributed by atoms with Crippen molar-refractivity contribution < 1.29 is 0 Å². The molecule has 21 heavy (non-hydrogen) atoms. The predicted molar refractivity (Wildman–Crippen MR) is 91.7 cm³/mol. The molecule has 0 fully saturated rings. The van der Waals surface area contributed by atoms with Gasteiger partial charge >= 0.3 is 0 Å². The Labute approximate surface area is 131 Å². The molecule has 1 heterocycles. The maximum absolute atomic E-state index is 5.70. The number of nitrogens with two attached hydrogens (primary N) is 1. The quantitative estimate of drug-likeness (QED) is 0.834.